The number of Topliss-reactive ketones (excluding diaryl/α,β-unsaturated/α-hetero) is 1. The third-order valence-corrected chi connectivity index (χ3v) is 4.34. The molecule has 2 N–H and O–H groups in total. The molecule has 0 saturated heterocycles. The summed E-state index contributed by atoms with van der Waals surface area (Å²) in [7, 11) is 0. The molecule has 0 aliphatic heterocycles. The number of benzene rings is 2. The van der Waals surface area contributed by atoms with Gasteiger partial charge in [0.15, 0.2) is 5.78 Å². The number of carbonyl (C=O) groups excluding carboxylic acids is 1. The number of nitrogen functional groups attached to an aromatic ring is 1. The lowest BCUT2D eigenvalue weighted by molar-refractivity contribution is 0.0924. The molecule has 0 amide bonds. The summed E-state index contributed by atoms with van der Waals surface area (Å²) in [5.74, 6) is 0.250. The van der Waals surface area contributed by atoms with Gasteiger partial charge in [-0.3, -0.25) is 4.79 Å². The molecule has 2 aromatic carbocycles. The minimum atomic E-state index is 0.0531. The van der Waals surface area contributed by atoms with Crippen LogP contribution in [0.25, 0.3) is 0 Å². The van der Waals surface area contributed by atoms with E-state index < -0.39 is 0 Å². The fraction of sp³-hybridized carbons (Fsp3) is 0.188. The smallest absolute Gasteiger partial charge is 0.167 e. The molecule has 1 aliphatic rings. The highest BCUT2D eigenvalue weighted by Crippen LogP contribution is 2.31. The molecule has 0 radical (unpaired) electrons. The summed E-state index contributed by atoms with van der Waals surface area (Å²) in [6.45, 7) is 0. The van der Waals surface area contributed by atoms with E-state index in [4.69, 9.17) is 5.73 Å². The Hall–Kier alpha value is -1.61. The van der Waals surface area contributed by atoms with E-state index in [2.05, 4.69) is 28.1 Å². The molecule has 0 unspecified atom stereocenters. The molecule has 0 bridgehead atoms. The topological polar surface area (TPSA) is 43.1 Å². The molecular weight excluding hydrogens is 302 g/mol. The van der Waals surface area contributed by atoms with Crippen LogP contribution in [0, 0.1) is 5.92 Å². The van der Waals surface area contributed by atoms with Crippen molar-refractivity contribution in [2.24, 2.45) is 5.92 Å². The first-order chi connectivity index (χ1) is 9.15. The maximum atomic E-state index is 12.6. The second kappa shape index (κ2) is 4.82. The van der Waals surface area contributed by atoms with E-state index in [0.29, 0.717) is 5.69 Å². The van der Waals surface area contributed by atoms with Crippen LogP contribution in [-0.4, -0.2) is 5.78 Å². The minimum Gasteiger partial charge on any atom is -0.399 e. The summed E-state index contributed by atoms with van der Waals surface area (Å²) < 4.78 is 0.786. The molecule has 0 spiro atoms. The molecule has 2 aromatic rings. The Balaban J connectivity index is 1.87. The van der Waals surface area contributed by atoms with Crippen molar-refractivity contribution in [3.63, 3.8) is 0 Å². The Morgan fingerprint density at radius 1 is 1.11 bits per heavy atom. The average Bonchev–Trinajstić information content (AvgIpc) is 2.81. The Morgan fingerprint density at radius 3 is 2.32 bits per heavy atom. The number of hydrogen-bond donors (Lipinski definition) is 1. The lowest BCUT2D eigenvalue weighted by Gasteiger charge is -2.10. The molecule has 19 heavy (non-hydrogen) atoms. The first-order valence-corrected chi connectivity index (χ1v) is 7.10. The number of nitrogens with two attached hydrogens (primary N) is 1. The van der Waals surface area contributed by atoms with Crippen LogP contribution in [0.1, 0.15) is 21.5 Å². The molecular formula is C16H14BrNO. The maximum Gasteiger partial charge on any atom is 0.167 e. The maximum absolute atomic E-state index is 12.6. The van der Waals surface area contributed by atoms with Crippen LogP contribution in [0.2, 0.25) is 0 Å². The van der Waals surface area contributed by atoms with Gasteiger partial charge in [0.1, 0.15) is 0 Å². The van der Waals surface area contributed by atoms with Gasteiger partial charge in [-0.2, -0.15) is 0 Å². The van der Waals surface area contributed by atoms with Crippen molar-refractivity contribution in [3.8, 4) is 0 Å². The van der Waals surface area contributed by atoms with Crippen LogP contribution in [-0.2, 0) is 12.8 Å². The monoisotopic (exact) mass is 315 g/mol. The zero-order chi connectivity index (χ0) is 13.4. The highest BCUT2D eigenvalue weighted by molar-refractivity contribution is 9.10. The molecule has 0 aromatic heterocycles. The van der Waals surface area contributed by atoms with Crippen LogP contribution >= 0.6 is 15.9 Å². The number of ketones is 1. The first-order valence-electron chi connectivity index (χ1n) is 6.31. The van der Waals surface area contributed by atoms with E-state index >= 15 is 0 Å². The Labute approximate surface area is 120 Å². The lowest BCUT2D eigenvalue weighted by Crippen LogP contribution is -2.15. The summed E-state index contributed by atoms with van der Waals surface area (Å²) in [5, 5.41) is 0. The van der Waals surface area contributed by atoms with Gasteiger partial charge in [0.2, 0.25) is 0 Å². The summed E-state index contributed by atoms with van der Waals surface area (Å²) >= 11 is 3.43. The second-order valence-corrected chi connectivity index (χ2v) is 5.83. The summed E-state index contributed by atoms with van der Waals surface area (Å²) in [6.07, 6.45) is 1.68. The average molecular weight is 316 g/mol. The molecule has 0 fully saturated rings. The van der Waals surface area contributed by atoms with Crippen LogP contribution in [0.4, 0.5) is 5.69 Å². The van der Waals surface area contributed by atoms with Crippen molar-refractivity contribution in [3.05, 3.63) is 63.6 Å². The van der Waals surface area contributed by atoms with Crippen molar-refractivity contribution in [1.29, 1.82) is 0 Å². The first kappa shape index (κ1) is 12.4. The van der Waals surface area contributed by atoms with Crippen LogP contribution in [0.5, 0.6) is 0 Å². The molecule has 2 nitrogen and oxygen atoms in total. The number of carbonyl (C=O) groups is 1. The highest BCUT2D eigenvalue weighted by Gasteiger charge is 2.28. The predicted molar refractivity (Wildman–Crippen MR) is 80.2 cm³/mol. The van der Waals surface area contributed by atoms with Crippen molar-refractivity contribution in [2.45, 2.75) is 12.8 Å². The van der Waals surface area contributed by atoms with Crippen molar-refractivity contribution < 1.29 is 4.79 Å². The van der Waals surface area contributed by atoms with Gasteiger partial charge >= 0.3 is 0 Å². The Kier molecular flexibility index (Phi) is 3.15. The zero-order valence-electron chi connectivity index (χ0n) is 10.4. The SMILES string of the molecule is Nc1ccc(C(=O)C2Cc3ccccc3C2)c(Br)c1. The van der Waals surface area contributed by atoms with E-state index in [1.54, 1.807) is 12.1 Å². The number of rotatable bonds is 2. The molecule has 3 rings (SSSR count). The number of fused-ring (bicyclic) bond motifs is 1. The normalized spacial score (nSPS) is 14.4. The molecule has 0 atom stereocenters. The standard InChI is InChI=1S/C16H14BrNO/c17-15-9-13(18)5-6-14(15)16(19)12-7-10-3-1-2-4-11(10)8-12/h1-6,9,12H,7-8,18H2. The van der Waals surface area contributed by atoms with Gasteiger partial charge in [0.05, 0.1) is 0 Å². The number of hydrogen-bond acceptors (Lipinski definition) is 2. The van der Waals surface area contributed by atoms with Gasteiger partial charge in [0.25, 0.3) is 0 Å². The third kappa shape index (κ3) is 2.30. The molecule has 0 heterocycles. The van der Waals surface area contributed by atoms with E-state index in [9.17, 15) is 4.79 Å². The second-order valence-electron chi connectivity index (χ2n) is 4.98. The van der Waals surface area contributed by atoms with Gasteiger partial charge in [-0.1, -0.05) is 24.3 Å². The van der Waals surface area contributed by atoms with Crippen molar-refractivity contribution in [1.82, 2.24) is 0 Å². The van der Waals surface area contributed by atoms with E-state index in [0.717, 1.165) is 22.9 Å². The van der Waals surface area contributed by atoms with E-state index in [-0.39, 0.29) is 11.7 Å². The highest BCUT2D eigenvalue weighted by atomic mass is 79.9. The molecule has 0 saturated carbocycles. The molecule has 3 heteroatoms. The quantitative estimate of drug-likeness (QED) is 0.679. The number of halogens is 1. The number of anilines is 1. The van der Waals surface area contributed by atoms with Crippen LogP contribution < -0.4 is 5.73 Å². The Morgan fingerprint density at radius 2 is 1.74 bits per heavy atom. The third-order valence-electron chi connectivity index (χ3n) is 3.68. The largest absolute Gasteiger partial charge is 0.399 e. The summed E-state index contributed by atoms with van der Waals surface area (Å²) in [4.78, 5) is 12.6. The van der Waals surface area contributed by atoms with Crippen molar-refractivity contribution in [2.75, 3.05) is 5.73 Å². The van der Waals surface area contributed by atoms with Crippen molar-refractivity contribution >= 4 is 27.4 Å². The summed E-state index contributed by atoms with van der Waals surface area (Å²) in [6, 6.07) is 13.7. The van der Waals surface area contributed by atoms with Gasteiger partial charge in [-0.25, -0.2) is 0 Å². The zero-order valence-corrected chi connectivity index (χ0v) is 12.0. The van der Waals surface area contributed by atoms with Gasteiger partial charge in [-0.15, -0.1) is 0 Å². The van der Waals surface area contributed by atoms with Gasteiger partial charge < -0.3 is 5.73 Å². The van der Waals surface area contributed by atoms with Crippen LogP contribution in [0.3, 0.4) is 0 Å². The Bertz CT molecular complexity index is 626. The lowest BCUT2D eigenvalue weighted by atomic mass is 9.95. The van der Waals surface area contributed by atoms with E-state index in [1.807, 2.05) is 18.2 Å². The molecule has 1 aliphatic carbocycles. The summed E-state index contributed by atoms with van der Waals surface area (Å²) in [5.41, 5.74) is 9.70. The van der Waals surface area contributed by atoms with Crippen LogP contribution in [0.15, 0.2) is 46.9 Å². The fourth-order valence-electron chi connectivity index (χ4n) is 2.70. The van der Waals surface area contributed by atoms with Gasteiger partial charge in [-0.05, 0) is 58.1 Å². The fourth-order valence-corrected chi connectivity index (χ4v) is 3.29. The van der Waals surface area contributed by atoms with Gasteiger partial charge in [0, 0.05) is 21.6 Å². The predicted octanol–water partition coefficient (Wildman–Crippen LogP) is 3.63. The molecule has 96 valence electrons. The minimum absolute atomic E-state index is 0.0531. The van der Waals surface area contributed by atoms with E-state index in [1.165, 1.54) is 11.1 Å².